The van der Waals surface area contributed by atoms with Crippen LogP contribution in [0.3, 0.4) is 0 Å². The Labute approximate surface area is 99.5 Å². The van der Waals surface area contributed by atoms with E-state index in [1.165, 1.54) is 0 Å². The minimum absolute atomic E-state index is 0. The molecule has 0 aliphatic heterocycles. The van der Waals surface area contributed by atoms with Crippen molar-refractivity contribution in [3.8, 4) is 12.5 Å². The van der Waals surface area contributed by atoms with Crippen LogP contribution in [0, 0.1) is 23.0 Å². The number of nitrogens with zero attached hydrogens (tertiary/aromatic N) is 2. The van der Waals surface area contributed by atoms with Gasteiger partial charge in [-0.25, -0.2) is 0 Å². The predicted octanol–water partition coefficient (Wildman–Crippen LogP) is -0.703. The van der Waals surface area contributed by atoms with Crippen LogP contribution >= 0.6 is 0 Å². The first-order valence-corrected chi connectivity index (χ1v) is 0.894. The van der Waals surface area contributed by atoms with Crippen LogP contribution < -0.4 is 0 Å². The summed E-state index contributed by atoms with van der Waals surface area (Å²) in [6, 6.07) is 0. The van der Waals surface area contributed by atoms with Crippen molar-refractivity contribution in [3.63, 3.8) is 0 Å². The molecule has 0 aliphatic carbocycles. The van der Waals surface area contributed by atoms with E-state index in [1.54, 1.807) is 0 Å². The summed E-state index contributed by atoms with van der Waals surface area (Å²) in [6.07, 6.45) is 1.50. The molecule has 0 atom stereocenters. The van der Waals surface area contributed by atoms with Gasteiger partial charge in [0.1, 0.15) is 0 Å². The largest absolute Gasteiger partial charge is 0.443 e. The van der Waals surface area contributed by atoms with Crippen LogP contribution in [0.25, 0.3) is 0 Å². The maximum Gasteiger partial charge on any atom is 0.283 e. The average molecular weight is 184 g/mol. The molecule has 1 radical (unpaired) electrons. The predicted molar refractivity (Wildman–Crippen MR) is 20.9 cm³/mol. The number of aliphatic hydroxyl groups excluding tert-OH is 2. The van der Waals surface area contributed by atoms with Gasteiger partial charge in [-0.05, 0) is 0 Å². The molecule has 0 saturated heterocycles. The smallest absolute Gasteiger partial charge is 0.283 e. The minimum Gasteiger partial charge on any atom is -0.443 e. The van der Waals surface area contributed by atoms with Gasteiger partial charge in [-0.1, -0.05) is 0 Å². The first-order chi connectivity index (χ1) is 2.83. The molecule has 0 bridgehead atoms. The van der Waals surface area contributed by atoms with Gasteiger partial charge in [0.15, 0.2) is 0 Å². The number of aliphatic hydroxyl groups is 2. The summed E-state index contributed by atoms with van der Waals surface area (Å²) in [6.45, 7) is 0. The topological polar surface area (TPSA) is 88.0 Å². The number of rotatable bonds is 0. The molecule has 0 saturated carbocycles. The van der Waals surface area contributed by atoms with Gasteiger partial charge in [-0.15, -0.1) is 0 Å². The van der Waals surface area contributed by atoms with Crippen LogP contribution in [0.5, 0.6) is 0 Å². The minimum atomic E-state index is 0. The molecule has 2 N–H and O–H groups in total. The maximum atomic E-state index is 6.88. The molecule has 0 heterocycles. The molecular weight excluding hydrogens is 182 g/mol. The van der Waals surface area contributed by atoms with Crippen LogP contribution in [0.2, 0.25) is 0 Å². The van der Waals surface area contributed by atoms with E-state index < -0.39 is 0 Å². The van der Waals surface area contributed by atoms with Gasteiger partial charge in [0, 0.05) is 67.9 Å². The van der Waals surface area contributed by atoms with Gasteiger partial charge in [0.2, 0.25) is 0 Å². The molecule has 0 aromatic carbocycles. The summed E-state index contributed by atoms with van der Waals surface area (Å²) in [5.41, 5.74) is 0. The van der Waals surface area contributed by atoms with Crippen LogP contribution in [0.15, 0.2) is 0 Å². The van der Waals surface area contributed by atoms with E-state index in [0.717, 1.165) is 12.5 Å². The molecule has 6 heteroatoms. The first-order valence-electron chi connectivity index (χ1n) is 0.894. The SMILES string of the molecule is N#CO.N#CO.[K].[Ni]. The first kappa shape index (κ1) is 23.3. The molecule has 4 nitrogen and oxygen atoms in total. The molecule has 43 valence electrons. The fourth-order valence-electron chi connectivity index (χ4n) is 0. The molecular formula is C2H2KN2NiO2. The second-order valence-corrected chi connectivity index (χ2v) is 0.200. The van der Waals surface area contributed by atoms with Crippen molar-refractivity contribution >= 4 is 51.4 Å². The molecule has 0 rings (SSSR count). The molecule has 8 heavy (non-hydrogen) atoms. The molecule has 0 unspecified atom stereocenters. The molecule has 0 aromatic rings. The summed E-state index contributed by atoms with van der Waals surface area (Å²) >= 11 is 0. The van der Waals surface area contributed by atoms with E-state index in [2.05, 4.69) is 0 Å². The Morgan fingerprint density at radius 3 is 1.00 bits per heavy atom. The number of hydrogen-bond acceptors (Lipinski definition) is 4. The Morgan fingerprint density at radius 2 is 1.00 bits per heavy atom. The van der Waals surface area contributed by atoms with Crippen LogP contribution in [-0.4, -0.2) is 61.6 Å². The molecule has 0 amide bonds. The van der Waals surface area contributed by atoms with Gasteiger partial charge in [-0.2, -0.15) is 10.5 Å². The summed E-state index contributed by atoms with van der Waals surface area (Å²) < 4.78 is 0. The maximum absolute atomic E-state index is 6.88. The second-order valence-electron chi connectivity index (χ2n) is 0.200. The number of nitriles is 2. The third kappa shape index (κ3) is 434. The molecule has 0 aromatic heterocycles. The molecule has 0 spiro atoms. The zero-order valence-corrected chi connectivity index (χ0v) is 8.22. The van der Waals surface area contributed by atoms with E-state index in [4.69, 9.17) is 20.7 Å². The Bertz CT molecular complexity index is 73.0. The molecule has 0 aliphatic rings. The number of hydrogen-bond donors (Lipinski definition) is 2. The van der Waals surface area contributed by atoms with E-state index in [1.807, 2.05) is 0 Å². The van der Waals surface area contributed by atoms with Crippen molar-refractivity contribution < 1.29 is 26.7 Å². The van der Waals surface area contributed by atoms with E-state index in [0.29, 0.717) is 0 Å². The van der Waals surface area contributed by atoms with Crippen LogP contribution in [0.4, 0.5) is 0 Å². The zero-order valence-electron chi connectivity index (χ0n) is 4.11. The van der Waals surface area contributed by atoms with Crippen LogP contribution in [-0.2, 0) is 16.5 Å². The van der Waals surface area contributed by atoms with Crippen molar-refractivity contribution in [2.24, 2.45) is 0 Å². The fourth-order valence-corrected chi connectivity index (χ4v) is 0. The zero-order chi connectivity index (χ0) is 5.41. The summed E-state index contributed by atoms with van der Waals surface area (Å²) in [5, 5.41) is 27.5. The second kappa shape index (κ2) is 47.3. The van der Waals surface area contributed by atoms with Crippen molar-refractivity contribution in [1.29, 1.82) is 10.5 Å². The van der Waals surface area contributed by atoms with Gasteiger partial charge in [-0.3, -0.25) is 0 Å². The summed E-state index contributed by atoms with van der Waals surface area (Å²) in [5.74, 6) is 0. The molecule has 0 fully saturated rings. The van der Waals surface area contributed by atoms with Crippen molar-refractivity contribution in [3.05, 3.63) is 0 Å². The standard InChI is InChI=1S/2CHNO.K.Ni/c2*2-1-3;;/h2*3H;;. The summed E-state index contributed by atoms with van der Waals surface area (Å²) in [4.78, 5) is 0. The fraction of sp³-hybridized carbons (Fsp3) is 0. The average Bonchev–Trinajstić information content (AvgIpc) is 1.39. The Kier molecular flexibility index (Phi) is 138. The van der Waals surface area contributed by atoms with E-state index >= 15 is 0 Å². The van der Waals surface area contributed by atoms with Gasteiger partial charge in [0.25, 0.3) is 12.5 Å². The van der Waals surface area contributed by atoms with E-state index in [-0.39, 0.29) is 67.9 Å². The Hall–Kier alpha value is 0.710. The van der Waals surface area contributed by atoms with E-state index in [9.17, 15) is 0 Å². The van der Waals surface area contributed by atoms with Crippen LogP contribution in [0.1, 0.15) is 0 Å². The Balaban J connectivity index is -0.0000000160. The van der Waals surface area contributed by atoms with Gasteiger partial charge in [0.05, 0.1) is 0 Å². The van der Waals surface area contributed by atoms with Gasteiger partial charge < -0.3 is 10.2 Å². The van der Waals surface area contributed by atoms with Crippen molar-refractivity contribution in [2.45, 2.75) is 0 Å². The van der Waals surface area contributed by atoms with Crippen molar-refractivity contribution in [1.82, 2.24) is 0 Å². The monoisotopic (exact) mass is 183 g/mol. The Morgan fingerprint density at radius 1 is 1.00 bits per heavy atom. The van der Waals surface area contributed by atoms with Gasteiger partial charge >= 0.3 is 0 Å². The van der Waals surface area contributed by atoms with Crippen molar-refractivity contribution in [2.75, 3.05) is 0 Å². The third-order valence-corrected chi connectivity index (χ3v) is 0. The normalized spacial score (nSPS) is 1.75. The summed E-state index contributed by atoms with van der Waals surface area (Å²) in [7, 11) is 0. The third-order valence-electron chi connectivity index (χ3n) is 0. The quantitative estimate of drug-likeness (QED) is 0.384.